The van der Waals surface area contributed by atoms with Crippen molar-refractivity contribution >= 4 is 17.1 Å². The Morgan fingerprint density at radius 3 is 2.54 bits per heavy atom. The Morgan fingerprint density at radius 2 is 2.00 bits per heavy atom. The fraction of sp³-hybridized carbons (Fsp3) is 0.100. The van der Waals surface area contributed by atoms with Crippen LogP contribution in [0.3, 0.4) is 0 Å². The molecule has 0 aliphatic rings. The lowest BCUT2D eigenvalue weighted by atomic mass is 10.1. The van der Waals surface area contributed by atoms with E-state index in [4.69, 9.17) is 17.4 Å². The number of benzene rings is 1. The number of rotatable bonds is 3. The third-order valence-corrected chi connectivity index (χ3v) is 1.94. The third-order valence-electron chi connectivity index (χ3n) is 1.58. The number of thiocarbonyl (C=S) groups is 1. The van der Waals surface area contributed by atoms with Gasteiger partial charge in [-0.15, -0.1) is 0 Å². The fourth-order valence-electron chi connectivity index (χ4n) is 0.915. The quantitative estimate of drug-likeness (QED) is 0.334. The summed E-state index contributed by atoms with van der Waals surface area (Å²) in [6, 6.07) is 9.66. The van der Waals surface area contributed by atoms with Crippen molar-refractivity contribution in [1.29, 1.82) is 0 Å². The Morgan fingerprint density at radius 1 is 1.38 bits per heavy atom. The van der Waals surface area contributed by atoms with Gasteiger partial charge in [0.15, 0.2) is 0 Å². The first-order valence-electron chi connectivity index (χ1n) is 3.92. The molecule has 0 saturated heterocycles. The number of hydrogen-bond acceptors (Lipinski definition) is 3. The molecule has 2 nitrogen and oxygen atoms in total. The van der Waals surface area contributed by atoms with E-state index in [1.54, 1.807) is 13.0 Å². The molecule has 0 bridgehead atoms. The Hall–Kier alpha value is -1.19. The van der Waals surface area contributed by atoms with Crippen molar-refractivity contribution in [3.05, 3.63) is 47.7 Å². The first-order chi connectivity index (χ1) is 6.24. The van der Waals surface area contributed by atoms with Crippen LogP contribution in [0.4, 0.5) is 0 Å². The number of allylic oxidation sites excluding steroid dienone is 2. The van der Waals surface area contributed by atoms with Crippen molar-refractivity contribution < 1.29 is 5.21 Å². The molecule has 0 aliphatic heterocycles. The molecule has 0 atom stereocenters. The smallest absolute Gasteiger partial charge is 0.0467 e. The average Bonchev–Trinajstić information content (AvgIpc) is 2.19. The Balaban J connectivity index is 2.81. The Bertz CT molecular complexity index is 319. The van der Waals surface area contributed by atoms with Gasteiger partial charge >= 0.3 is 0 Å². The SMILES string of the molecule is CC(=CC(=S)c1ccccc1)NO. The highest BCUT2D eigenvalue weighted by molar-refractivity contribution is 7.81. The van der Waals surface area contributed by atoms with Gasteiger partial charge in [-0.25, -0.2) is 0 Å². The van der Waals surface area contributed by atoms with Gasteiger partial charge in [0, 0.05) is 10.6 Å². The number of nitrogens with one attached hydrogen (secondary N) is 1. The van der Waals surface area contributed by atoms with Gasteiger partial charge in [0.25, 0.3) is 0 Å². The molecule has 0 unspecified atom stereocenters. The van der Waals surface area contributed by atoms with E-state index in [1.807, 2.05) is 35.8 Å². The van der Waals surface area contributed by atoms with Gasteiger partial charge in [0.1, 0.15) is 0 Å². The zero-order valence-corrected chi connectivity index (χ0v) is 8.14. The van der Waals surface area contributed by atoms with Crippen LogP contribution in [0.2, 0.25) is 0 Å². The summed E-state index contributed by atoms with van der Waals surface area (Å²) in [6.45, 7) is 1.75. The molecule has 0 spiro atoms. The van der Waals surface area contributed by atoms with E-state index < -0.39 is 0 Å². The van der Waals surface area contributed by atoms with Gasteiger partial charge in [-0.1, -0.05) is 42.5 Å². The van der Waals surface area contributed by atoms with E-state index in [0.29, 0.717) is 10.6 Å². The minimum Gasteiger partial charge on any atom is -0.291 e. The first kappa shape index (κ1) is 9.89. The van der Waals surface area contributed by atoms with Gasteiger partial charge in [-0.2, -0.15) is 0 Å². The van der Waals surface area contributed by atoms with Crippen LogP contribution in [-0.2, 0) is 0 Å². The molecule has 13 heavy (non-hydrogen) atoms. The average molecular weight is 193 g/mol. The highest BCUT2D eigenvalue weighted by atomic mass is 32.1. The van der Waals surface area contributed by atoms with E-state index >= 15 is 0 Å². The molecule has 0 amide bonds. The summed E-state index contributed by atoms with van der Waals surface area (Å²) < 4.78 is 0. The molecule has 0 saturated carbocycles. The highest BCUT2D eigenvalue weighted by Gasteiger charge is 1.96. The van der Waals surface area contributed by atoms with E-state index in [2.05, 4.69) is 0 Å². The van der Waals surface area contributed by atoms with Crippen LogP contribution in [0.15, 0.2) is 42.1 Å². The van der Waals surface area contributed by atoms with Gasteiger partial charge < -0.3 is 0 Å². The Labute approximate surface area is 82.9 Å². The standard InChI is InChI=1S/C10H11NOS/c1-8(11-12)7-10(13)9-5-3-2-4-6-9/h2-7,11-12H,1H3. The lowest BCUT2D eigenvalue weighted by Crippen LogP contribution is -2.05. The largest absolute Gasteiger partial charge is 0.291 e. The van der Waals surface area contributed by atoms with Gasteiger partial charge in [-0.05, 0) is 18.6 Å². The summed E-state index contributed by atoms with van der Waals surface area (Å²) in [5.41, 5.74) is 3.65. The van der Waals surface area contributed by atoms with Crippen molar-refractivity contribution in [2.24, 2.45) is 0 Å². The molecular formula is C10H11NOS. The van der Waals surface area contributed by atoms with Crippen LogP contribution < -0.4 is 5.48 Å². The summed E-state index contributed by atoms with van der Waals surface area (Å²) >= 11 is 5.14. The van der Waals surface area contributed by atoms with Crippen LogP contribution >= 0.6 is 12.2 Å². The molecule has 2 N–H and O–H groups in total. The third kappa shape index (κ3) is 2.97. The zero-order chi connectivity index (χ0) is 9.68. The second-order valence-corrected chi connectivity index (χ2v) is 3.11. The van der Waals surface area contributed by atoms with Crippen molar-refractivity contribution in [2.75, 3.05) is 0 Å². The van der Waals surface area contributed by atoms with E-state index in [1.165, 1.54) is 0 Å². The molecule has 0 aromatic heterocycles. The molecule has 68 valence electrons. The lowest BCUT2D eigenvalue weighted by molar-refractivity contribution is 0.201. The van der Waals surface area contributed by atoms with Crippen LogP contribution in [-0.4, -0.2) is 10.1 Å². The van der Waals surface area contributed by atoms with E-state index in [-0.39, 0.29) is 0 Å². The van der Waals surface area contributed by atoms with Crippen molar-refractivity contribution in [3.8, 4) is 0 Å². The maximum Gasteiger partial charge on any atom is 0.0467 e. The fourth-order valence-corrected chi connectivity index (χ4v) is 1.23. The molecule has 1 aromatic rings. The molecule has 3 heteroatoms. The molecule has 1 aromatic carbocycles. The molecular weight excluding hydrogens is 182 g/mol. The second-order valence-electron chi connectivity index (χ2n) is 2.67. The van der Waals surface area contributed by atoms with Crippen LogP contribution in [0.25, 0.3) is 0 Å². The van der Waals surface area contributed by atoms with Gasteiger partial charge in [0.2, 0.25) is 0 Å². The molecule has 0 heterocycles. The maximum absolute atomic E-state index is 8.55. The summed E-state index contributed by atoms with van der Waals surface area (Å²) in [5, 5.41) is 8.55. The predicted molar refractivity (Wildman–Crippen MR) is 56.8 cm³/mol. The molecule has 0 radical (unpaired) electrons. The molecule has 1 rings (SSSR count). The van der Waals surface area contributed by atoms with E-state index in [0.717, 1.165) is 5.56 Å². The van der Waals surface area contributed by atoms with Crippen molar-refractivity contribution in [3.63, 3.8) is 0 Å². The predicted octanol–water partition coefficient (Wildman–Crippen LogP) is 2.29. The first-order valence-corrected chi connectivity index (χ1v) is 4.32. The zero-order valence-electron chi connectivity index (χ0n) is 7.32. The Kier molecular flexibility index (Phi) is 3.61. The van der Waals surface area contributed by atoms with E-state index in [9.17, 15) is 0 Å². The van der Waals surface area contributed by atoms with Crippen molar-refractivity contribution in [1.82, 2.24) is 5.48 Å². The number of hydroxylamine groups is 1. The second kappa shape index (κ2) is 4.74. The number of hydrogen-bond donors (Lipinski definition) is 2. The summed E-state index contributed by atoms with van der Waals surface area (Å²) in [7, 11) is 0. The van der Waals surface area contributed by atoms with Crippen LogP contribution in [0, 0.1) is 0 Å². The topological polar surface area (TPSA) is 32.3 Å². The maximum atomic E-state index is 8.55. The van der Waals surface area contributed by atoms with Crippen LogP contribution in [0.1, 0.15) is 12.5 Å². The highest BCUT2D eigenvalue weighted by Crippen LogP contribution is 2.03. The van der Waals surface area contributed by atoms with Crippen molar-refractivity contribution in [2.45, 2.75) is 6.92 Å². The monoisotopic (exact) mass is 193 g/mol. The minimum atomic E-state index is 0.633. The molecule has 0 fully saturated rings. The summed E-state index contributed by atoms with van der Waals surface area (Å²) in [6.07, 6.45) is 1.71. The molecule has 0 aliphatic carbocycles. The normalized spacial score (nSPS) is 11.1. The summed E-state index contributed by atoms with van der Waals surface area (Å²) in [4.78, 5) is 0.708. The van der Waals surface area contributed by atoms with Gasteiger partial charge in [-0.3, -0.25) is 10.7 Å². The lowest BCUT2D eigenvalue weighted by Gasteiger charge is -2.00. The van der Waals surface area contributed by atoms with Gasteiger partial charge in [0.05, 0.1) is 0 Å². The minimum absolute atomic E-state index is 0.633. The summed E-state index contributed by atoms with van der Waals surface area (Å²) in [5.74, 6) is 0. The van der Waals surface area contributed by atoms with Crippen LogP contribution in [0.5, 0.6) is 0 Å².